The van der Waals surface area contributed by atoms with Crippen molar-refractivity contribution in [1.82, 2.24) is 25.2 Å². The van der Waals surface area contributed by atoms with Crippen LogP contribution in [0.5, 0.6) is 0 Å². The highest BCUT2D eigenvalue weighted by Gasteiger charge is 2.22. The zero-order valence-electron chi connectivity index (χ0n) is 26.0. The number of piperazine rings is 1. The lowest BCUT2D eigenvalue weighted by molar-refractivity contribution is -0.141. The van der Waals surface area contributed by atoms with Crippen molar-refractivity contribution < 1.29 is 13.9 Å². The van der Waals surface area contributed by atoms with Crippen molar-refractivity contribution in [3.63, 3.8) is 0 Å². The molecule has 4 N–H and O–H groups in total. The molecule has 3 aromatic carbocycles. The van der Waals surface area contributed by atoms with Crippen LogP contribution in [-0.4, -0.2) is 77.4 Å². The lowest BCUT2D eigenvalue weighted by Crippen LogP contribution is -2.42. The van der Waals surface area contributed by atoms with Gasteiger partial charge in [-0.05, 0) is 41.0 Å². The molecule has 6 rings (SSSR count). The molecule has 47 heavy (non-hydrogen) atoms. The summed E-state index contributed by atoms with van der Waals surface area (Å²) in [4.78, 5) is 37.0. The monoisotopic (exact) mass is 634 g/mol. The van der Waals surface area contributed by atoms with E-state index in [2.05, 4.69) is 63.1 Å². The first kappa shape index (κ1) is 31.5. The van der Waals surface area contributed by atoms with E-state index in [1.165, 1.54) is 19.2 Å². The van der Waals surface area contributed by atoms with Crippen LogP contribution in [0.2, 0.25) is 0 Å². The van der Waals surface area contributed by atoms with Gasteiger partial charge in [0.1, 0.15) is 11.9 Å². The van der Waals surface area contributed by atoms with Crippen LogP contribution in [0.25, 0.3) is 4.85 Å². The first-order valence-corrected chi connectivity index (χ1v) is 15.4. The van der Waals surface area contributed by atoms with E-state index in [-0.39, 0.29) is 30.1 Å². The number of carbonyl (C=O) groups is 1. The highest BCUT2D eigenvalue weighted by atomic mass is 19.1. The summed E-state index contributed by atoms with van der Waals surface area (Å²) in [6, 6.07) is 18.9. The van der Waals surface area contributed by atoms with Gasteiger partial charge in [-0.25, -0.2) is 14.0 Å². The summed E-state index contributed by atoms with van der Waals surface area (Å²) in [5, 5.41) is 13.0. The average Bonchev–Trinajstić information content (AvgIpc) is 3.49. The molecule has 2 aliphatic heterocycles. The number of hydrogen-bond acceptors (Lipinski definition) is 11. The van der Waals surface area contributed by atoms with E-state index in [4.69, 9.17) is 11.3 Å². The average molecular weight is 635 g/mol. The number of anilines is 4. The van der Waals surface area contributed by atoms with Crippen LogP contribution in [0.4, 0.5) is 39.3 Å². The normalized spacial score (nSPS) is 14.8. The smallest absolute Gasteiger partial charge is 0.328 e. The summed E-state index contributed by atoms with van der Waals surface area (Å²) in [7, 11) is 1.33. The first-order chi connectivity index (χ1) is 22.9. The van der Waals surface area contributed by atoms with Gasteiger partial charge in [-0.3, -0.25) is 9.89 Å². The third-order valence-electron chi connectivity index (χ3n) is 7.90. The summed E-state index contributed by atoms with van der Waals surface area (Å²) >= 11 is 0. The van der Waals surface area contributed by atoms with Crippen molar-refractivity contribution in [3.8, 4) is 0 Å². The molecule has 0 radical (unpaired) electrons. The zero-order chi connectivity index (χ0) is 32.6. The van der Waals surface area contributed by atoms with Crippen molar-refractivity contribution in [2.45, 2.75) is 25.4 Å². The minimum absolute atomic E-state index is 0.161. The van der Waals surface area contributed by atoms with Crippen LogP contribution in [0.1, 0.15) is 16.7 Å². The van der Waals surface area contributed by atoms with Gasteiger partial charge < -0.3 is 26.0 Å². The Kier molecular flexibility index (Phi) is 9.90. The highest BCUT2D eigenvalue weighted by Crippen LogP contribution is 2.27. The van der Waals surface area contributed by atoms with Crippen LogP contribution >= 0.6 is 0 Å². The molecule has 2 aliphatic rings. The van der Waals surface area contributed by atoms with Crippen molar-refractivity contribution in [2.75, 3.05) is 55.8 Å². The Balaban J connectivity index is 1.23. The van der Waals surface area contributed by atoms with Crippen LogP contribution in [0, 0.1) is 12.4 Å². The standard InChI is InChI=1S/C34H35FN10O2/c1-36-26-10-6-22(7-11-26)17-30(31(46)47-2)41-34-43-32(38-20-28-18-24-8-9-25(35)19-29(24)39-28)42-33(44-34)40-27-5-3-4-23(16-27)21-45-14-12-37-13-15-45/h3-11,16,19,30,37H,12-15,17-18,20-21H2,2H3,(H3,38,40,41,42,43,44)/t30-/m1/s1. The SMILES string of the molecule is [C-]#[N+]c1ccc(C[C@@H](Nc2nc(NCC3=Nc4cc(F)ccc4C3)nc(Nc3cccc(CN4CCNCC4)c3)n2)C(=O)OC)cc1. The molecule has 0 amide bonds. The lowest BCUT2D eigenvalue weighted by Gasteiger charge is -2.27. The van der Waals surface area contributed by atoms with Gasteiger partial charge in [-0.15, -0.1) is 0 Å². The van der Waals surface area contributed by atoms with E-state index in [1.54, 1.807) is 30.3 Å². The van der Waals surface area contributed by atoms with Crippen LogP contribution in [0.3, 0.4) is 0 Å². The van der Waals surface area contributed by atoms with E-state index in [0.29, 0.717) is 24.3 Å². The van der Waals surface area contributed by atoms with Gasteiger partial charge in [0.25, 0.3) is 0 Å². The molecule has 0 saturated carbocycles. The predicted octanol–water partition coefficient (Wildman–Crippen LogP) is 4.65. The quantitative estimate of drug-likeness (QED) is 0.129. The Bertz CT molecular complexity index is 1800. The van der Waals surface area contributed by atoms with Gasteiger partial charge in [0.05, 0.1) is 25.9 Å². The Labute approximate surface area is 272 Å². The van der Waals surface area contributed by atoms with Gasteiger partial charge >= 0.3 is 5.97 Å². The number of ether oxygens (including phenoxy) is 1. The van der Waals surface area contributed by atoms with E-state index in [1.807, 2.05) is 12.1 Å². The van der Waals surface area contributed by atoms with E-state index in [9.17, 15) is 9.18 Å². The minimum atomic E-state index is -0.812. The molecule has 0 spiro atoms. The summed E-state index contributed by atoms with van der Waals surface area (Å²) in [5.41, 5.74) is 5.70. The second kappa shape index (κ2) is 14.8. The van der Waals surface area contributed by atoms with E-state index in [0.717, 1.165) is 60.8 Å². The third kappa shape index (κ3) is 8.43. The minimum Gasteiger partial charge on any atom is -0.467 e. The lowest BCUT2D eigenvalue weighted by atomic mass is 10.1. The number of aromatic nitrogens is 3. The fourth-order valence-electron chi connectivity index (χ4n) is 5.52. The number of benzene rings is 3. The maximum atomic E-state index is 13.7. The van der Waals surface area contributed by atoms with Crippen molar-refractivity contribution in [1.29, 1.82) is 0 Å². The molecular formula is C34H35FN10O2. The first-order valence-electron chi connectivity index (χ1n) is 15.4. The largest absolute Gasteiger partial charge is 0.467 e. The topological polar surface area (TPSA) is 133 Å². The number of methoxy groups -OCH3 is 1. The molecule has 12 nitrogen and oxygen atoms in total. The number of nitrogens with one attached hydrogen (secondary N) is 4. The maximum absolute atomic E-state index is 13.7. The van der Waals surface area contributed by atoms with Gasteiger partial charge in [0.2, 0.25) is 17.8 Å². The summed E-state index contributed by atoms with van der Waals surface area (Å²) in [5.74, 6) is -0.126. The Hall–Kier alpha value is -5.45. The molecule has 13 heteroatoms. The van der Waals surface area contributed by atoms with E-state index < -0.39 is 12.0 Å². The molecule has 0 unspecified atom stereocenters. The molecule has 240 valence electrons. The zero-order valence-corrected chi connectivity index (χ0v) is 26.0. The second-order valence-electron chi connectivity index (χ2n) is 11.3. The maximum Gasteiger partial charge on any atom is 0.328 e. The van der Waals surface area contributed by atoms with Crippen molar-refractivity contribution in [2.24, 2.45) is 4.99 Å². The van der Waals surface area contributed by atoms with Gasteiger partial charge in [0.15, 0.2) is 5.69 Å². The highest BCUT2D eigenvalue weighted by molar-refractivity contribution is 5.96. The van der Waals surface area contributed by atoms with Gasteiger partial charge in [-0.1, -0.05) is 42.5 Å². The number of halogens is 1. The third-order valence-corrected chi connectivity index (χ3v) is 7.90. The number of esters is 1. The number of hydrogen-bond donors (Lipinski definition) is 4. The molecule has 0 aliphatic carbocycles. The van der Waals surface area contributed by atoms with Gasteiger partial charge in [0, 0.05) is 57.0 Å². The summed E-state index contributed by atoms with van der Waals surface area (Å²) in [6.07, 6.45) is 0.863. The Morgan fingerprint density at radius 1 is 1.02 bits per heavy atom. The fourth-order valence-corrected chi connectivity index (χ4v) is 5.52. The van der Waals surface area contributed by atoms with Crippen molar-refractivity contribution >= 4 is 46.6 Å². The molecule has 1 saturated heterocycles. The van der Waals surface area contributed by atoms with Crippen LogP contribution in [-0.2, 0) is 28.9 Å². The molecule has 1 fully saturated rings. The van der Waals surface area contributed by atoms with Crippen LogP contribution < -0.4 is 21.3 Å². The fraction of sp³-hybridized carbons (Fsp3) is 0.294. The Morgan fingerprint density at radius 2 is 1.81 bits per heavy atom. The van der Waals surface area contributed by atoms with E-state index >= 15 is 0 Å². The number of fused-ring (bicyclic) bond motifs is 1. The molecule has 1 aromatic heterocycles. The number of aliphatic imine (C=N–C) groups is 1. The molecule has 4 aromatic rings. The number of carbonyl (C=O) groups excluding carboxylic acids is 1. The molecule has 0 bridgehead atoms. The van der Waals surface area contributed by atoms with Crippen molar-refractivity contribution in [3.05, 3.63) is 101 Å². The Morgan fingerprint density at radius 3 is 2.60 bits per heavy atom. The summed E-state index contributed by atoms with van der Waals surface area (Å²) < 4.78 is 18.8. The molecule has 1 atom stereocenters. The van der Waals surface area contributed by atoms with Gasteiger partial charge in [-0.2, -0.15) is 15.0 Å². The second-order valence-corrected chi connectivity index (χ2v) is 11.3. The predicted molar refractivity (Wildman–Crippen MR) is 179 cm³/mol. The van der Waals surface area contributed by atoms with Crippen LogP contribution in [0.15, 0.2) is 71.7 Å². The number of nitrogens with zero attached hydrogens (tertiary/aromatic N) is 6. The molecule has 3 heterocycles. The molecular weight excluding hydrogens is 599 g/mol. The summed E-state index contributed by atoms with van der Waals surface area (Å²) in [6.45, 7) is 12.3. The number of rotatable bonds is 12.